The molecule has 2 aromatic carbocycles. The number of hydrogen-bond acceptors (Lipinski definition) is 4. The van der Waals surface area contributed by atoms with Gasteiger partial charge in [0.15, 0.2) is 0 Å². The van der Waals surface area contributed by atoms with Gasteiger partial charge in [-0.15, -0.1) is 0 Å². The molecule has 0 aromatic heterocycles. The number of nitrogens with zero attached hydrogens (tertiary/aromatic N) is 2. The second-order valence-corrected chi connectivity index (χ2v) is 9.85. The molecule has 7 heteroatoms. The standard InChI is InChI=1S/C23H31N3O3S/c1-4-26(18(2)3)21-12-10-20(11-13-21)24-23(27)19-14-16-25(17-15-19)30(28,29)22-8-6-5-7-9-22/h5-13,18-19H,4,14-17H2,1-3H3,(H,24,27). The Balaban J connectivity index is 1.57. The minimum atomic E-state index is -3.50. The maximum Gasteiger partial charge on any atom is 0.243 e. The molecule has 1 fully saturated rings. The number of nitrogens with one attached hydrogen (secondary N) is 1. The molecule has 162 valence electrons. The lowest BCUT2D eigenvalue weighted by Gasteiger charge is -2.30. The van der Waals surface area contributed by atoms with Crippen LogP contribution in [0, 0.1) is 5.92 Å². The van der Waals surface area contributed by atoms with Gasteiger partial charge in [0.1, 0.15) is 0 Å². The van der Waals surface area contributed by atoms with E-state index in [0.29, 0.717) is 36.9 Å². The van der Waals surface area contributed by atoms with Crippen LogP contribution in [0.4, 0.5) is 11.4 Å². The number of anilines is 2. The van der Waals surface area contributed by atoms with Gasteiger partial charge < -0.3 is 10.2 Å². The first-order valence-corrected chi connectivity index (χ1v) is 12.0. The van der Waals surface area contributed by atoms with Crippen molar-refractivity contribution >= 4 is 27.3 Å². The molecule has 0 saturated carbocycles. The molecular weight excluding hydrogens is 398 g/mol. The Morgan fingerprint density at radius 1 is 1.07 bits per heavy atom. The lowest BCUT2D eigenvalue weighted by atomic mass is 9.97. The van der Waals surface area contributed by atoms with E-state index < -0.39 is 10.0 Å². The van der Waals surface area contributed by atoms with Crippen LogP contribution < -0.4 is 10.2 Å². The van der Waals surface area contributed by atoms with E-state index in [9.17, 15) is 13.2 Å². The molecule has 2 aromatic rings. The molecule has 1 N–H and O–H groups in total. The quantitative estimate of drug-likeness (QED) is 0.723. The lowest BCUT2D eigenvalue weighted by Crippen LogP contribution is -2.41. The van der Waals surface area contributed by atoms with E-state index in [1.807, 2.05) is 24.3 Å². The summed E-state index contributed by atoms with van der Waals surface area (Å²) in [5.41, 5.74) is 1.90. The highest BCUT2D eigenvalue weighted by Gasteiger charge is 2.32. The molecule has 30 heavy (non-hydrogen) atoms. The minimum absolute atomic E-state index is 0.0456. The Kier molecular flexibility index (Phi) is 7.15. The van der Waals surface area contributed by atoms with Gasteiger partial charge in [-0.05, 0) is 70.0 Å². The van der Waals surface area contributed by atoms with Crippen molar-refractivity contribution in [1.82, 2.24) is 4.31 Å². The van der Waals surface area contributed by atoms with Crippen LogP contribution in [0.5, 0.6) is 0 Å². The highest BCUT2D eigenvalue weighted by atomic mass is 32.2. The zero-order valence-corrected chi connectivity index (χ0v) is 18.7. The third kappa shape index (κ3) is 5.02. The summed E-state index contributed by atoms with van der Waals surface area (Å²) in [4.78, 5) is 15.3. The Morgan fingerprint density at radius 3 is 2.20 bits per heavy atom. The van der Waals surface area contributed by atoms with Gasteiger partial charge in [-0.3, -0.25) is 4.79 Å². The zero-order valence-electron chi connectivity index (χ0n) is 17.9. The molecule has 1 aliphatic heterocycles. The average molecular weight is 430 g/mol. The van der Waals surface area contributed by atoms with Crippen molar-refractivity contribution < 1.29 is 13.2 Å². The van der Waals surface area contributed by atoms with Crippen LogP contribution in [-0.4, -0.2) is 44.3 Å². The van der Waals surface area contributed by atoms with Gasteiger partial charge >= 0.3 is 0 Å². The second-order valence-electron chi connectivity index (χ2n) is 7.91. The zero-order chi connectivity index (χ0) is 21.7. The van der Waals surface area contributed by atoms with Crippen LogP contribution in [0.1, 0.15) is 33.6 Å². The first-order valence-electron chi connectivity index (χ1n) is 10.6. The van der Waals surface area contributed by atoms with E-state index in [0.717, 1.165) is 17.9 Å². The first kappa shape index (κ1) is 22.3. The number of carbonyl (C=O) groups is 1. The van der Waals surface area contributed by atoms with Crippen molar-refractivity contribution in [3.63, 3.8) is 0 Å². The first-order chi connectivity index (χ1) is 14.3. The highest BCUT2D eigenvalue weighted by Crippen LogP contribution is 2.25. The topological polar surface area (TPSA) is 69.7 Å². The predicted octanol–water partition coefficient (Wildman–Crippen LogP) is 3.96. The van der Waals surface area contributed by atoms with E-state index in [1.165, 1.54) is 4.31 Å². The van der Waals surface area contributed by atoms with Crippen LogP contribution in [0.3, 0.4) is 0 Å². The fourth-order valence-electron chi connectivity index (χ4n) is 3.93. The molecule has 0 unspecified atom stereocenters. The van der Waals surface area contributed by atoms with Crippen molar-refractivity contribution in [2.75, 3.05) is 29.9 Å². The van der Waals surface area contributed by atoms with Gasteiger partial charge in [0.05, 0.1) is 4.90 Å². The normalized spacial score (nSPS) is 15.9. The van der Waals surface area contributed by atoms with E-state index >= 15 is 0 Å². The largest absolute Gasteiger partial charge is 0.369 e. The molecule has 1 saturated heterocycles. The monoisotopic (exact) mass is 429 g/mol. The Hall–Kier alpha value is -2.38. The van der Waals surface area contributed by atoms with E-state index in [-0.39, 0.29) is 11.8 Å². The summed E-state index contributed by atoms with van der Waals surface area (Å²) in [5, 5.41) is 2.98. The fraction of sp³-hybridized carbons (Fsp3) is 0.435. The number of benzene rings is 2. The summed E-state index contributed by atoms with van der Waals surface area (Å²) in [6.45, 7) is 8.07. The van der Waals surface area contributed by atoms with Crippen LogP contribution in [0.15, 0.2) is 59.5 Å². The van der Waals surface area contributed by atoms with Gasteiger partial charge in [0, 0.05) is 43.0 Å². The number of sulfonamides is 1. The number of rotatable bonds is 7. The number of amides is 1. The molecule has 0 radical (unpaired) electrons. The Labute approximate surface area is 179 Å². The number of carbonyl (C=O) groups excluding carboxylic acids is 1. The molecular formula is C23H31N3O3S. The van der Waals surface area contributed by atoms with E-state index in [1.54, 1.807) is 30.3 Å². The van der Waals surface area contributed by atoms with Gasteiger partial charge in [0.2, 0.25) is 15.9 Å². The molecule has 0 bridgehead atoms. The van der Waals surface area contributed by atoms with Gasteiger partial charge in [-0.2, -0.15) is 4.31 Å². The Morgan fingerprint density at radius 2 is 1.67 bits per heavy atom. The molecule has 0 spiro atoms. The third-order valence-corrected chi connectivity index (χ3v) is 7.55. The average Bonchev–Trinajstić information content (AvgIpc) is 2.76. The number of piperidine rings is 1. The number of hydrogen-bond donors (Lipinski definition) is 1. The van der Waals surface area contributed by atoms with Crippen LogP contribution in [0.2, 0.25) is 0 Å². The molecule has 0 atom stereocenters. The summed E-state index contributed by atoms with van der Waals surface area (Å²) in [5.74, 6) is -0.231. The van der Waals surface area contributed by atoms with Crippen LogP contribution in [-0.2, 0) is 14.8 Å². The lowest BCUT2D eigenvalue weighted by molar-refractivity contribution is -0.120. The summed E-state index contributed by atoms with van der Waals surface area (Å²) in [6.07, 6.45) is 1.04. The smallest absolute Gasteiger partial charge is 0.243 e. The minimum Gasteiger partial charge on any atom is -0.369 e. The van der Waals surface area contributed by atoms with Crippen molar-refractivity contribution in [3.05, 3.63) is 54.6 Å². The maximum absolute atomic E-state index is 12.7. The molecule has 1 amide bonds. The van der Waals surface area contributed by atoms with Crippen molar-refractivity contribution in [2.24, 2.45) is 5.92 Å². The fourth-order valence-corrected chi connectivity index (χ4v) is 5.42. The maximum atomic E-state index is 12.7. The molecule has 6 nitrogen and oxygen atoms in total. The molecule has 1 heterocycles. The highest BCUT2D eigenvalue weighted by molar-refractivity contribution is 7.89. The second kappa shape index (κ2) is 9.62. The van der Waals surface area contributed by atoms with Crippen LogP contribution >= 0.6 is 0 Å². The van der Waals surface area contributed by atoms with Crippen molar-refractivity contribution in [2.45, 2.75) is 44.6 Å². The van der Waals surface area contributed by atoms with Crippen LogP contribution in [0.25, 0.3) is 0 Å². The third-order valence-electron chi connectivity index (χ3n) is 5.64. The molecule has 3 rings (SSSR count). The summed E-state index contributed by atoms with van der Waals surface area (Å²) in [6, 6.07) is 16.8. The van der Waals surface area contributed by atoms with Crippen molar-refractivity contribution in [3.8, 4) is 0 Å². The van der Waals surface area contributed by atoms with Gasteiger partial charge in [0.25, 0.3) is 0 Å². The predicted molar refractivity (Wildman–Crippen MR) is 121 cm³/mol. The summed E-state index contributed by atoms with van der Waals surface area (Å²) >= 11 is 0. The molecule has 1 aliphatic rings. The van der Waals surface area contributed by atoms with Gasteiger partial charge in [-0.25, -0.2) is 8.42 Å². The molecule has 0 aliphatic carbocycles. The summed E-state index contributed by atoms with van der Waals surface area (Å²) < 4.78 is 26.9. The summed E-state index contributed by atoms with van der Waals surface area (Å²) in [7, 11) is -3.50. The van der Waals surface area contributed by atoms with E-state index in [2.05, 4.69) is 31.0 Å². The SMILES string of the molecule is CCN(c1ccc(NC(=O)C2CCN(S(=O)(=O)c3ccccc3)CC2)cc1)C(C)C. The van der Waals surface area contributed by atoms with E-state index in [4.69, 9.17) is 0 Å². The Bertz CT molecular complexity index is 935. The van der Waals surface area contributed by atoms with Crippen molar-refractivity contribution in [1.29, 1.82) is 0 Å². The van der Waals surface area contributed by atoms with Gasteiger partial charge in [-0.1, -0.05) is 18.2 Å².